The summed E-state index contributed by atoms with van der Waals surface area (Å²) in [6, 6.07) is 9.44. The van der Waals surface area contributed by atoms with Gasteiger partial charge in [0.2, 0.25) is 0 Å². The fraction of sp³-hybridized carbons (Fsp3) is 0.125. The molecular formula is C16H10Cl2O4. The highest BCUT2D eigenvalue weighted by atomic mass is 35.5. The molecule has 0 aliphatic carbocycles. The lowest BCUT2D eigenvalue weighted by Gasteiger charge is -2.09. The Balaban J connectivity index is 2.09. The lowest BCUT2D eigenvalue weighted by molar-refractivity contribution is -0.138. The second-order valence-electron chi connectivity index (χ2n) is 4.91. The second-order valence-corrected chi connectivity index (χ2v) is 5.78. The molecule has 112 valence electrons. The summed E-state index contributed by atoms with van der Waals surface area (Å²) in [7, 11) is 0. The van der Waals surface area contributed by atoms with Gasteiger partial charge >= 0.3 is 5.97 Å². The van der Waals surface area contributed by atoms with Crippen LogP contribution in [0.2, 0.25) is 10.0 Å². The zero-order chi connectivity index (χ0) is 15.9. The molecule has 1 aliphatic rings. The Morgan fingerprint density at radius 3 is 2.41 bits per heavy atom. The number of fused-ring (bicyclic) bond motifs is 1. The maximum atomic E-state index is 12.6. The maximum absolute atomic E-state index is 12.6. The van der Waals surface area contributed by atoms with Crippen LogP contribution in [0.15, 0.2) is 36.4 Å². The summed E-state index contributed by atoms with van der Waals surface area (Å²) in [5.74, 6) is -1.82. The minimum atomic E-state index is -1.01. The summed E-state index contributed by atoms with van der Waals surface area (Å²) in [6.07, 6.45) is 0. The summed E-state index contributed by atoms with van der Waals surface area (Å²) >= 11 is 11.8. The van der Waals surface area contributed by atoms with Crippen molar-refractivity contribution in [2.75, 3.05) is 6.61 Å². The first-order chi connectivity index (χ1) is 10.5. The van der Waals surface area contributed by atoms with Crippen molar-refractivity contribution in [2.24, 2.45) is 0 Å². The molecule has 0 bridgehead atoms. The second kappa shape index (κ2) is 5.63. The van der Waals surface area contributed by atoms with Crippen molar-refractivity contribution in [3.63, 3.8) is 0 Å². The zero-order valence-electron chi connectivity index (χ0n) is 11.2. The number of hydrogen-bond acceptors (Lipinski definition) is 3. The van der Waals surface area contributed by atoms with Crippen molar-refractivity contribution in [1.82, 2.24) is 0 Å². The molecule has 0 saturated carbocycles. The minimum absolute atomic E-state index is 0.00803. The lowest BCUT2D eigenvalue weighted by Crippen LogP contribution is -2.12. The molecule has 0 fully saturated rings. The van der Waals surface area contributed by atoms with Crippen molar-refractivity contribution in [2.45, 2.75) is 5.92 Å². The third-order valence-electron chi connectivity index (χ3n) is 3.50. The summed E-state index contributed by atoms with van der Waals surface area (Å²) < 4.78 is 5.44. The number of ketones is 1. The molecule has 3 rings (SSSR count). The molecule has 1 heterocycles. The number of carboxylic acid groups (broad SMARTS) is 1. The summed E-state index contributed by atoms with van der Waals surface area (Å²) in [5, 5.41) is 10.0. The Kier molecular flexibility index (Phi) is 3.81. The van der Waals surface area contributed by atoms with Gasteiger partial charge < -0.3 is 9.84 Å². The van der Waals surface area contributed by atoms with E-state index in [0.717, 1.165) is 0 Å². The third-order valence-corrected chi connectivity index (χ3v) is 3.97. The predicted molar refractivity (Wildman–Crippen MR) is 82.2 cm³/mol. The van der Waals surface area contributed by atoms with Gasteiger partial charge in [0.25, 0.3) is 0 Å². The van der Waals surface area contributed by atoms with Gasteiger partial charge in [-0.3, -0.25) is 9.59 Å². The first-order valence-corrected chi connectivity index (χ1v) is 7.22. The van der Waals surface area contributed by atoms with Crippen molar-refractivity contribution >= 4 is 35.0 Å². The van der Waals surface area contributed by atoms with Crippen molar-refractivity contribution in [1.29, 1.82) is 0 Å². The van der Waals surface area contributed by atoms with E-state index in [0.29, 0.717) is 21.2 Å². The minimum Gasteiger partial charge on any atom is -0.491 e. The predicted octanol–water partition coefficient (Wildman–Crippen LogP) is 3.79. The van der Waals surface area contributed by atoms with Crippen LogP contribution in [0, 0.1) is 0 Å². The molecule has 1 N–H and O–H groups in total. The van der Waals surface area contributed by atoms with E-state index in [4.69, 9.17) is 27.9 Å². The van der Waals surface area contributed by atoms with E-state index in [1.807, 2.05) is 0 Å². The molecular weight excluding hydrogens is 327 g/mol. The van der Waals surface area contributed by atoms with Gasteiger partial charge in [-0.05, 0) is 36.4 Å². The Hall–Kier alpha value is -2.04. The fourth-order valence-electron chi connectivity index (χ4n) is 2.42. The number of carbonyl (C=O) groups excluding carboxylic acids is 1. The molecule has 22 heavy (non-hydrogen) atoms. The summed E-state index contributed by atoms with van der Waals surface area (Å²) in [6.45, 7) is -0.00803. The van der Waals surface area contributed by atoms with Crippen molar-refractivity contribution in [3.8, 4) is 5.75 Å². The average Bonchev–Trinajstić information content (AvgIpc) is 2.90. The van der Waals surface area contributed by atoms with E-state index < -0.39 is 11.9 Å². The number of carbonyl (C=O) groups is 2. The van der Waals surface area contributed by atoms with Gasteiger partial charge in [-0.25, -0.2) is 0 Å². The van der Waals surface area contributed by atoms with Gasteiger partial charge in [-0.2, -0.15) is 0 Å². The molecule has 0 aromatic heterocycles. The first-order valence-electron chi connectivity index (χ1n) is 6.46. The molecule has 0 saturated heterocycles. The Labute approximate surface area is 136 Å². The van der Waals surface area contributed by atoms with Crippen LogP contribution in [-0.2, 0) is 4.79 Å². The van der Waals surface area contributed by atoms with E-state index in [-0.39, 0.29) is 23.7 Å². The van der Waals surface area contributed by atoms with Gasteiger partial charge in [0.15, 0.2) is 5.78 Å². The van der Waals surface area contributed by atoms with Gasteiger partial charge in [-0.15, -0.1) is 0 Å². The highest BCUT2D eigenvalue weighted by molar-refractivity contribution is 6.32. The summed E-state index contributed by atoms with van der Waals surface area (Å²) in [4.78, 5) is 23.9. The monoisotopic (exact) mass is 336 g/mol. The van der Waals surface area contributed by atoms with E-state index >= 15 is 0 Å². The molecule has 6 heteroatoms. The number of benzene rings is 2. The number of carboxylic acids is 1. The van der Waals surface area contributed by atoms with Crippen LogP contribution in [0.3, 0.4) is 0 Å². The quantitative estimate of drug-likeness (QED) is 0.866. The van der Waals surface area contributed by atoms with Crippen LogP contribution in [0.4, 0.5) is 0 Å². The average molecular weight is 337 g/mol. The topological polar surface area (TPSA) is 63.6 Å². The Morgan fingerprint density at radius 2 is 1.77 bits per heavy atom. The number of rotatable bonds is 3. The SMILES string of the molecule is O=C(c1ccc(Cl)cc1)c1cc(Cl)cc2c1OCC2C(=O)O. The van der Waals surface area contributed by atoms with Gasteiger partial charge in [-0.1, -0.05) is 23.2 Å². The zero-order valence-corrected chi connectivity index (χ0v) is 12.7. The highest BCUT2D eigenvalue weighted by Gasteiger charge is 2.34. The van der Waals surface area contributed by atoms with E-state index in [1.165, 1.54) is 12.1 Å². The van der Waals surface area contributed by atoms with Crippen LogP contribution >= 0.6 is 23.2 Å². The molecule has 1 atom stereocenters. The fourth-order valence-corrected chi connectivity index (χ4v) is 2.77. The van der Waals surface area contributed by atoms with Gasteiger partial charge in [0, 0.05) is 21.2 Å². The normalized spacial score (nSPS) is 16.0. The molecule has 4 nitrogen and oxygen atoms in total. The molecule has 1 aliphatic heterocycles. The number of ether oxygens (including phenoxy) is 1. The molecule has 1 unspecified atom stereocenters. The number of halogens is 2. The summed E-state index contributed by atoms with van der Waals surface area (Å²) in [5.41, 5.74) is 1.11. The standard InChI is InChI=1S/C16H10Cl2O4/c17-9-3-1-8(2-4-9)14(19)12-6-10(18)5-11-13(16(20)21)7-22-15(11)12/h1-6,13H,7H2,(H,20,21). The molecule has 0 spiro atoms. The number of aliphatic carboxylic acids is 1. The van der Waals surface area contributed by atoms with E-state index in [2.05, 4.69) is 0 Å². The smallest absolute Gasteiger partial charge is 0.314 e. The van der Waals surface area contributed by atoms with E-state index in [1.54, 1.807) is 24.3 Å². The van der Waals surface area contributed by atoms with E-state index in [9.17, 15) is 14.7 Å². The van der Waals surface area contributed by atoms with Gasteiger partial charge in [0.05, 0.1) is 5.56 Å². The third kappa shape index (κ3) is 2.56. The lowest BCUT2D eigenvalue weighted by atomic mass is 9.95. The van der Waals surface area contributed by atoms with Crippen LogP contribution in [0.25, 0.3) is 0 Å². The molecule has 0 amide bonds. The highest BCUT2D eigenvalue weighted by Crippen LogP contribution is 2.40. The molecule has 2 aromatic carbocycles. The maximum Gasteiger partial charge on any atom is 0.314 e. The van der Waals surface area contributed by atoms with Crippen LogP contribution in [0.5, 0.6) is 5.75 Å². The van der Waals surface area contributed by atoms with Crippen molar-refractivity contribution in [3.05, 3.63) is 63.1 Å². The largest absolute Gasteiger partial charge is 0.491 e. The number of hydrogen-bond donors (Lipinski definition) is 1. The van der Waals surface area contributed by atoms with Crippen LogP contribution in [0.1, 0.15) is 27.4 Å². The van der Waals surface area contributed by atoms with Crippen molar-refractivity contribution < 1.29 is 19.4 Å². The van der Waals surface area contributed by atoms with Crippen LogP contribution in [-0.4, -0.2) is 23.5 Å². The van der Waals surface area contributed by atoms with Gasteiger partial charge in [0.1, 0.15) is 18.3 Å². The first kappa shape index (κ1) is 14.9. The molecule has 0 radical (unpaired) electrons. The Bertz CT molecular complexity index is 768. The van der Waals surface area contributed by atoms with Crippen LogP contribution < -0.4 is 4.74 Å². The Morgan fingerprint density at radius 1 is 1.09 bits per heavy atom. The molecule has 2 aromatic rings.